The van der Waals surface area contributed by atoms with Crippen LogP contribution in [-0.2, 0) is 6.54 Å². The molecule has 0 saturated carbocycles. The number of nitrogens with zero attached hydrogens (tertiary/aromatic N) is 4. The molecule has 0 radical (unpaired) electrons. The Morgan fingerprint density at radius 2 is 1.96 bits per heavy atom. The SMILES string of the molecule is CCCCNc1nc(N)nc2[nH]c(=O)n(CCCCN(C)C(C)(C)C)c12. The number of nitrogens with one attached hydrogen (secondary N) is 2. The minimum absolute atomic E-state index is 0.152. The predicted octanol–water partition coefficient (Wildman–Crippen LogP) is 2.42. The quantitative estimate of drug-likeness (QED) is 0.591. The summed E-state index contributed by atoms with van der Waals surface area (Å²) < 4.78 is 1.72. The molecule has 2 aromatic heterocycles. The molecule has 0 bridgehead atoms. The number of H-pyrrole nitrogens is 1. The highest BCUT2D eigenvalue weighted by Crippen LogP contribution is 2.20. The van der Waals surface area contributed by atoms with Gasteiger partial charge in [-0.2, -0.15) is 9.97 Å². The van der Waals surface area contributed by atoms with Crippen molar-refractivity contribution < 1.29 is 0 Å². The highest BCUT2D eigenvalue weighted by Gasteiger charge is 2.17. The zero-order chi connectivity index (χ0) is 19.3. The number of hydrogen-bond acceptors (Lipinski definition) is 6. The molecule has 0 saturated heterocycles. The normalized spacial score (nSPS) is 12.2. The minimum atomic E-state index is -0.164. The number of nitrogens with two attached hydrogens (primary N) is 1. The molecule has 2 aromatic rings. The number of imidazole rings is 1. The molecule has 2 heterocycles. The van der Waals surface area contributed by atoms with Crippen molar-refractivity contribution in [3.05, 3.63) is 10.5 Å². The van der Waals surface area contributed by atoms with Gasteiger partial charge in [0, 0.05) is 18.6 Å². The lowest BCUT2D eigenvalue weighted by atomic mass is 10.1. The van der Waals surface area contributed by atoms with E-state index in [0.717, 1.165) is 38.8 Å². The van der Waals surface area contributed by atoms with E-state index in [1.54, 1.807) is 4.57 Å². The van der Waals surface area contributed by atoms with Crippen LogP contribution in [0.15, 0.2) is 4.79 Å². The van der Waals surface area contributed by atoms with E-state index in [9.17, 15) is 4.79 Å². The number of aromatic nitrogens is 4. The fourth-order valence-corrected chi connectivity index (χ4v) is 2.76. The molecule has 4 N–H and O–H groups in total. The van der Waals surface area contributed by atoms with Crippen LogP contribution in [0.3, 0.4) is 0 Å². The van der Waals surface area contributed by atoms with Gasteiger partial charge in [-0.05, 0) is 53.6 Å². The zero-order valence-corrected chi connectivity index (χ0v) is 16.7. The summed E-state index contributed by atoms with van der Waals surface area (Å²) in [5, 5.41) is 3.29. The Kier molecular flexibility index (Phi) is 6.63. The van der Waals surface area contributed by atoms with Gasteiger partial charge in [0.1, 0.15) is 5.52 Å². The average Bonchev–Trinajstić information content (AvgIpc) is 2.85. The average molecular weight is 364 g/mol. The standard InChI is InChI=1S/C18H33N7O/c1-6-7-10-20-14-13-15(22-16(19)21-14)23-17(26)25(13)12-9-8-11-24(5)18(2,3)4/h6-12H2,1-5H3,(H4,19,20,21,22,23,26). The smallest absolute Gasteiger partial charge is 0.327 e. The first-order chi connectivity index (χ1) is 12.2. The lowest BCUT2D eigenvalue weighted by Crippen LogP contribution is -2.38. The Labute approximate surface area is 155 Å². The summed E-state index contributed by atoms with van der Waals surface area (Å²) in [7, 11) is 2.13. The first-order valence-corrected chi connectivity index (χ1v) is 9.45. The van der Waals surface area contributed by atoms with Crippen molar-refractivity contribution in [1.29, 1.82) is 0 Å². The Morgan fingerprint density at radius 1 is 1.23 bits per heavy atom. The summed E-state index contributed by atoms with van der Waals surface area (Å²) in [4.78, 5) is 26.0. The number of fused-ring (bicyclic) bond motifs is 1. The molecule has 0 spiro atoms. The van der Waals surface area contributed by atoms with E-state index in [1.165, 1.54) is 0 Å². The summed E-state index contributed by atoms with van der Waals surface area (Å²) in [6.07, 6.45) is 4.03. The molecule has 0 aromatic carbocycles. The van der Waals surface area contributed by atoms with Gasteiger partial charge >= 0.3 is 5.69 Å². The summed E-state index contributed by atoms with van der Waals surface area (Å²) in [5.41, 5.74) is 6.98. The number of unbranched alkanes of at least 4 members (excludes halogenated alkanes) is 2. The molecule has 0 atom stereocenters. The van der Waals surface area contributed by atoms with Gasteiger partial charge in [-0.3, -0.25) is 9.55 Å². The first kappa shape index (κ1) is 20.2. The molecule has 0 unspecified atom stereocenters. The molecule has 0 fully saturated rings. The van der Waals surface area contributed by atoms with Gasteiger partial charge in [0.25, 0.3) is 0 Å². The second-order valence-corrected chi connectivity index (χ2v) is 7.79. The van der Waals surface area contributed by atoms with Crippen LogP contribution < -0.4 is 16.7 Å². The largest absolute Gasteiger partial charge is 0.368 e. The van der Waals surface area contributed by atoms with E-state index >= 15 is 0 Å². The second-order valence-electron chi connectivity index (χ2n) is 7.79. The fourth-order valence-electron chi connectivity index (χ4n) is 2.76. The highest BCUT2D eigenvalue weighted by molar-refractivity contribution is 5.84. The monoisotopic (exact) mass is 363 g/mol. The molecule has 0 aliphatic heterocycles. The molecule has 146 valence electrons. The number of aryl methyl sites for hydroxylation is 1. The maximum Gasteiger partial charge on any atom is 0.327 e. The van der Waals surface area contributed by atoms with Gasteiger partial charge in [-0.1, -0.05) is 13.3 Å². The van der Waals surface area contributed by atoms with Crippen molar-refractivity contribution in [3.8, 4) is 0 Å². The van der Waals surface area contributed by atoms with Crippen molar-refractivity contribution in [2.45, 2.75) is 65.5 Å². The van der Waals surface area contributed by atoms with E-state index in [4.69, 9.17) is 5.73 Å². The molecule has 0 aliphatic rings. The van der Waals surface area contributed by atoms with E-state index in [1.807, 2.05) is 0 Å². The van der Waals surface area contributed by atoms with Gasteiger partial charge in [0.2, 0.25) is 5.95 Å². The van der Waals surface area contributed by atoms with Crippen molar-refractivity contribution in [2.75, 3.05) is 31.2 Å². The lowest BCUT2D eigenvalue weighted by molar-refractivity contribution is 0.172. The summed E-state index contributed by atoms with van der Waals surface area (Å²) in [5.74, 6) is 0.794. The fraction of sp³-hybridized carbons (Fsp3) is 0.722. The zero-order valence-electron chi connectivity index (χ0n) is 16.7. The third-order valence-corrected chi connectivity index (χ3v) is 4.73. The Bertz CT molecular complexity index is 772. The van der Waals surface area contributed by atoms with Crippen molar-refractivity contribution in [3.63, 3.8) is 0 Å². The van der Waals surface area contributed by atoms with Crippen molar-refractivity contribution in [1.82, 2.24) is 24.4 Å². The number of rotatable bonds is 9. The van der Waals surface area contributed by atoms with Crippen molar-refractivity contribution in [2.24, 2.45) is 0 Å². The highest BCUT2D eigenvalue weighted by atomic mass is 16.1. The third kappa shape index (κ3) is 4.97. The summed E-state index contributed by atoms with van der Waals surface area (Å²) in [6, 6.07) is 0. The van der Waals surface area contributed by atoms with Gasteiger partial charge in [0.05, 0.1) is 0 Å². The van der Waals surface area contributed by atoms with Crippen molar-refractivity contribution >= 4 is 22.9 Å². The first-order valence-electron chi connectivity index (χ1n) is 9.45. The number of nitrogen functional groups attached to an aromatic ring is 1. The van der Waals surface area contributed by atoms with Crippen LogP contribution in [0.2, 0.25) is 0 Å². The molecule has 0 amide bonds. The maximum atomic E-state index is 12.4. The number of hydrogen-bond donors (Lipinski definition) is 3. The van der Waals surface area contributed by atoms with E-state index in [2.05, 4.69) is 59.9 Å². The van der Waals surface area contributed by atoms with Crippen LogP contribution >= 0.6 is 0 Å². The van der Waals surface area contributed by atoms with Crippen LogP contribution in [0.25, 0.3) is 11.2 Å². The van der Waals surface area contributed by atoms with E-state index < -0.39 is 0 Å². The maximum absolute atomic E-state index is 12.4. The Morgan fingerprint density at radius 3 is 2.62 bits per heavy atom. The molecule has 26 heavy (non-hydrogen) atoms. The van der Waals surface area contributed by atoms with Gasteiger partial charge < -0.3 is 16.0 Å². The predicted molar refractivity (Wildman–Crippen MR) is 108 cm³/mol. The number of aromatic amines is 1. The van der Waals surface area contributed by atoms with E-state index in [-0.39, 0.29) is 17.2 Å². The topological polar surface area (TPSA) is 105 Å². The summed E-state index contributed by atoms with van der Waals surface area (Å²) >= 11 is 0. The molecule has 8 heteroatoms. The van der Waals surface area contributed by atoms with Gasteiger partial charge in [-0.25, -0.2) is 4.79 Å². The van der Waals surface area contributed by atoms with Crippen LogP contribution in [0.1, 0.15) is 53.4 Å². The lowest BCUT2D eigenvalue weighted by Gasteiger charge is -2.31. The van der Waals surface area contributed by atoms with Crippen LogP contribution in [0.4, 0.5) is 11.8 Å². The van der Waals surface area contributed by atoms with Gasteiger partial charge in [0.15, 0.2) is 11.5 Å². The molecule has 2 rings (SSSR count). The van der Waals surface area contributed by atoms with Crippen LogP contribution in [-0.4, -0.2) is 50.1 Å². The van der Waals surface area contributed by atoms with Gasteiger partial charge in [-0.15, -0.1) is 0 Å². The van der Waals surface area contributed by atoms with E-state index in [0.29, 0.717) is 23.5 Å². The minimum Gasteiger partial charge on any atom is -0.368 e. The molecular weight excluding hydrogens is 330 g/mol. The Hall–Kier alpha value is -2.09. The second kappa shape index (κ2) is 8.53. The third-order valence-electron chi connectivity index (χ3n) is 4.73. The molecule has 0 aliphatic carbocycles. The summed E-state index contributed by atoms with van der Waals surface area (Å²) in [6.45, 7) is 11.1. The molecular formula is C18H33N7O. The Balaban J connectivity index is 2.13. The van der Waals surface area contributed by atoms with Crippen LogP contribution in [0, 0.1) is 0 Å². The molecule has 8 nitrogen and oxygen atoms in total. The van der Waals surface area contributed by atoms with Crippen LogP contribution in [0.5, 0.6) is 0 Å². The number of anilines is 2.